The van der Waals surface area contributed by atoms with Crippen LogP contribution in [-0.2, 0) is 0 Å². The van der Waals surface area contributed by atoms with Crippen LogP contribution in [0.25, 0.3) is 0 Å². The maximum Gasteiger partial charge on any atom is 0.00958 e. The Morgan fingerprint density at radius 1 is 1.29 bits per heavy atom. The van der Waals surface area contributed by atoms with Crippen LogP contribution in [0.15, 0.2) is 0 Å². The Morgan fingerprint density at radius 2 is 2.00 bits per heavy atom. The Kier molecular flexibility index (Phi) is 3.13. The fourth-order valence-electron chi connectivity index (χ4n) is 3.15. The lowest BCUT2D eigenvalue weighted by molar-refractivity contribution is 0.147. The van der Waals surface area contributed by atoms with E-state index in [-0.39, 0.29) is 0 Å². The Balaban J connectivity index is 1.79. The molecule has 1 saturated carbocycles. The van der Waals surface area contributed by atoms with E-state index in [1.807, 2.05) is 0 Å². The topological polar surface area (TPSA) is 29.3 Å². The number of likely N-dealkylation sites (tertiary alicyclic amines) is 1. The predicted molar refractivity (Wildman–Crippen MR) is 60.1 cm³/mol. The van der Waals surface area contributed by atoms with Crippen molar-refractivity contribution in [2.75, 3.05) is 13.1 Å². The van der Waals surface area contributed by atoms with Crippen molar-refractivity contribution < 1.29 is 0 Å². The summed E-state index contributed by atoms with van der Waals surface area (Å²) in [6.45, 7) is 7.35. The number of hydrogen-bond acceptors (Lipinski definition) is 2. The molecule has 0 radical (unpaired) electrons. The van der Waals surface area contributed by atoms with Gasteiger partial charge in [-0.15, -0.1) is 0 Å². The van der Waals surface area contributed by atoms with Crippen LogP contribution < -0.4 is 5.73 Å². The molecule has 2 heteroatoms. The molecule has 0 aromatic carbocycles. The molecule has 1 heterocycles. The van der Waals surface area contributed by atoms with Crippen molar-refractivity contribution in [2.45, 2.75) is 51.6 Å². The summed E-state index contributed by atoms with van der Waals surface area (Å²) in [4.78, 5) is 2.71. The van der Waals surface area contributed by atoms with E-state index >= 15 is 0 Å². The summed E-state index contributed by atoms with van der Waals surface area (Å²) in [7, 11) is 0. The predicted octanol–water partition coefficient (Wildman–Crippen LogP) is 1.84. The van der Waals surface area contributed by atoms with Gasteiger partial charge in [0, 0.05) is 25.2 Å². The van der Waals surface area contributed by atoms with Gasteiger partial charge in [0.2, 0.25) is 0 Å². The molecule has 82 valence electrons. The minimum Gasteiger partial charge on any atom is -0.328 e. The SMILES string of the molecule is CCC1CC(C)CN1CC1CC(N)C1. The van der Waals surface area contributed by atoms with Crippen LogP contribution in [0.5, 0.6) is 0 Å². The zero-order valence-electron chi connectivity index (χ0n) is 9.58. The highest BCUT2D eigenvalue weighted by atomic mass is 15.2. The van der Waals surface area contributed by atoms with Crippen molar-refractivity contribution in [3.8, 4) is 0 Å². The Hall–Kier alpha value is -0.0800. The first-order valence-electron chi connectivity index (χ1n) is 6.18. The van der Waals surface area contributed by atoms with Crippen LogP contribution in [0, 0.1) is 11.8 Å². The molecule has 2 unspecified atom stereocenters. The summed E-state index contributed by atoms with van der Waals surface area (Å²) in [6.07, 6.45) is 5.26. The van der Waals surface area contributed by atoms with Gasteiger partial charge in [0.1, 0.15) is 0 Å². The van der Waals surface area contributed by atoms with Gasteiger partial charge in [-0.2, -0.15) is 0 Å². The second-order valence-corrected chi connectivity index (χ2v) is 5.45. The quantitative estimate of drug-likeness (QED) is 0.746. The fourth-order valence-corrected chi connectivity index (χ4v) is 3.15. The van der Waals surface area contributed by atoms with Gasteiger partial charge in [-0.3, -0.25) is 4.90 Å². The highest BCUT2D eigenvalue weighted by Gasteiger charge is 2.33. The van der Waals surface area contributed by atoms with Crippen molar-refractivity contribution >= 4 is 0 Å². The van der Waals surface area contributed by atoms with Gasteiger partial charge < -0.3 is 5.73 Å². The average molecular weight is 196 g/mol. The van der Waals surface area contributed by atoms with Crippen molar-refractivity contribution in [1.29, 1.82) is 0 Å². The molecule has 0 spiro atoms. The first-order valence-corrected chi connectivity index (χ1v) is 6.18. The smallest absolute Gasteiger partial charge is 0.00958 e. The molecule has 0 amide bonds. The zero-order valence-corrected chi connectivity index (χ0v) is 9.58. The second kappa shape index (κ2) is 4.19. The maximum atomic E-state index is 5.82. The first-order chi connectivity index (χ1) is 6.69. The number of nitrogens with zero attached hydrogens (tertiary/aromatic N) is 1. The summed E-state index contributed by atoms with van der Waals surface area (Å²) in [5, 5.41) is 0. The van der Waals surface area contributed by atoms with E-state index in [0.717, 1.165) is 17.9 Å². The van der Waals surface area contributed by atoms with Crippen molar-refractivity contribution in [1.82, 2.24) is 4.90 Å². The van der Waals surface area contributed by atoms with Gasteiger partial charge in [-0.05, 0) is 37.5 Å². The van der Waals surface area contributed by atoms with Crippen LogP contribution in [-0.4, -0.2) is 30.1 Å². The summed E-state index contributed by atoms with van der Waals surface area (Å²) in [5.74, 6) is 1.82. The molecular formula is C12H24N2. The molecule has 2 rings (SSSR count). The van der Waals surface area contributed by atoms with Crippen LogP contribution >= 0.6 is 0 Å². The van der Waals surface area contributed by atoms with E-state index in [9.17, 15) is 0 Å². The molecule has 2 atom stereocenters. The van der Waals surface area contributed by atoms with Crippen LogP contribution in [0.1, 0.15) is 39.5 Å². The Bertz CT molecular complexity index is 187. The third-order valence-corrected chi connectivity index (χ3v) is 3.97. The zero-order chi connectivity index (χ0) is 10.1. The lowest BCUT2D eigenvalue weighted by atomic mass is 9.80. The molecule has 2 nitrogen and oxygen atoms in total. The molecule has 0 bridgehead atoms. The lowest BCUT2D eigenvalue weighted by Crippen LogP contribution is -2.44. The maximum absolute atomic E-state index is 5.82. The monoisotopic (exact) mass is 196 g/mol. The van der Waals surface area contributed by atoms with Gasteiger partial charge in [0.05, 0.1) is 0 Å². The normalized spacial score (nSPS) is 43.9. The third kappa shape index (κ3) is 2.12. The standard InChI is InChI=1S/C12H24N2/c1-3-12-4-9(2)7-14(12)8-10-5-11(13)6-10/h9-12H,3-8,13H2,1-2H3. The Labute approximate surface area is 87.8 Å². The van der Waals surface area contributed by atoms with Crippen LogP contribution in [0.2, 0.25) is 0 Å². The van der Waals surface area contributed by atoms with E-state index < -0.39 is 0 Å². The van der Waals surface area contributed by atoms with Crippen LogP contribution in [0.3, 0.4) is 0 Å². The minimum absolute atomic E-state index is 0.514. The van der Waals surface area contributed by atoms with E-state index in [0.29, 0.717) is 6.04 Å². The van der Waals surface area contributed by atoms with Crippen molar-refractivity contribution in [2.24, 2.45) is 17.6 Å². The third-order valence-electron chi connectivity index (χ3n) is 3.97. The molecule has 2 N–H and O–H groups in total. The van der Waals surface area contributed by atoms with Gasteiger partial charge >= 0.3 is 0 Å². The molecule has 1 aliphatic carbocycles. The molecule has 0 aromatic rings. The molecule has 2 fully saturated rings. The van der Waals surface area contributed by atoms with Crippen molar-refractivity contribution in [3.05, 3.63) is 0 Å². The highest BCUT2D eigenvalue weighted by molar-refractivity contribution is 4.89. The summed E-state index contributed by atoms with van der Waals surface area (Å²) < 4.78 is 0. The average Bonchev–Trinajstić information content (AvgIpc) is 2.43. The van der Waals surface area contributed by atoms with E-state index in [2.05, 4.69) is 18.7 Å². The minimum atomic E-state index is 0.514. The Morgan fingerprint density at radius 3 is 2.57 bits per heavy atom. The fraction of sp³-hybridized carbons (Fsp3) is 1.00. The van der Waals surface area contributed by atoms with Gasteiger partial charge in [-0.25, -0.2) is 0 Å². The van der Waals surface area contributed by atoms with Gasteiger partial charge in [0.25, 0.3) is 0 Å². The molecular weight excluding hydrogens is 172 g/mol. The van der Waals surface area contributed by atoms with Crippen molar-refractivity contribution in [3.63, 3.8) is 0 Å². The number of nitrogens with two attached hydrogens (primary N) is 1. The molecule has 2 aliphatic rings. The summed E-state index contributed by atoms with van der Waals surface area (Å²) >= 11 is 0. The largest absolute Gasteiger partial charge is 0.328 e. The van der Waals surface area contributed by atoms with Gasteiger partial charge in [-0.1, -0.05) is 13.8 Å². The molecule has 0 aromatic heterocycles. The van der Waals surface area contributed by atoms with E-state index in [1.165, 1.54) is 38.8 Å². The van der Waals surface area contributed by atoms with E-state index in [4.69, 9.17) is 5.73 Å². The highest BCUT2D eigenvalue weighted by Crippen LogP contribution is 2.31. The second-order valence-electron chi connectivity index (χ2n) is 5.45. The summed E-state index contributed by atoms with van der Waals surface area (Å²) in [5.41, 5.74) is 5.82. The summed E-state index contributed by atoms with van der Waals surface area (Å²) in [6, 6.07) is 1.38. The van der Waals surface area contributed by atoms with Crippen LogP contribution in [0.4, 0.5) is 0 Å². The number of hydrogen-bond donors (Lipinski definition) is 1. The lowest BCUT2D eigenvalue weighted by Gasteiger charge is -2.37. The molecule has 1 aliphatic heterocycles. The first kappa shape index (κ1) is 10.4. The van der Waals surface area contributed by atoms with E-state index in [1.54, 1.807) is 0 Å². The van der Waals surface area contributed by atoms with Gasteiger partial charge in [0.15, 0.2) is 0 Å². The molecule has 1 saturated heterocycles. The number of rotatable bonds is 3. The molecule has 14 heavy (non-hydrogen) atoms.